The van der Waals surface area contributed by atoms with Crippen LogP contribution in [0.15, 0.2) is 31.1 Å². The maximum absolute atomic E-state index is 13.3. The minimum absolute atomic E-state index is 0.216. The molecule has 2 N–H and O–H groups in total. The second-order valence-corrected chi connectivity index (χ2v) is 3.93. The van der Waals surface area contributed by atoms with Crippen LogP contribution >= 0.6 is 0 Å². The molecule has 1 aromatic heterocycles. The highest BCUT2D eigenvalue weighted by atomic mass is 19.1. The standard InChI is InChI=1S/C13H19FN2/c1-2-3-4-5-6-7-13(15)11-8-9-16-10-12(11)14/h2,8-10,13H,1,3-7,15H2. The Bertz CT molecular complexity index is 325. The van der Waals surface area contributed by atoms with Crippen molar-refractivity contribution in [3.63, 3.8) is 0 Å². The number of unbranched alkanes of at least 4 members (excludes halogenated alkanes) is 3. The number of nitrogens with zero attached hydrogens (tertiary/aromatic N) is 1. The van der Waals surface area contributed by atoms with Crippen molar-refractivity contribution in [3.8, 4) is 0 Å². The molecule has 0 fully saturated rings. The Morgan fingerprint density at radius 3 is 2.94 bits per heavy atom. The molecule has 0 saturated heterocycles. The summed E-state index contributed by atoms with van der Waals surface area (Å²) >= 11 is 0. The third kappa shape index (κ3) is 4.11. The van der Waals surface area contributed by atoms with E-state index in [1.54, 1.807) is 12.3 Å². The van der Waals surface area contributed by atoms with Gasteiger partial charge in [-0.3, -0.25) is 4.98 Å². The van der Waals surface area contributed by atoms with Crippen LogP contribution in [-0.2, 0) is 0 Å². The summed E-state index contributed by atoms with van der Waals surface area (Å²) < 4.78 is 13.3. The number of halogens is 1. The molecule has 3 heteroatoms. The zero-order chi connectivity index (χ0) is 11.8. The molecule has 1 atom stereocenters. The van der Waals surface area contributed by atoms with E-state index in [4.69, 9.17) is 5.73 Å². The van der Waals surface area contributed by atoms with E-state index in [1.807, 2.05) is 6.08 Å². The number of aromatic nitrogens is 1. The first-order chi connectivity index (χ1) is 7.75. The van der Waals surface area contributed by atoms with Crippen LogP contribution < -0.4 is 5.73 Å². The van der Waals surface area contributed by atoms with Gasteiger partial charge in [-0.1, -0.05) is 18.9 Å². The molecule has 2 nitrogen and oxygen atoms in total. The van der Waals surface area contributed by atoms with Gasteiger partial charge in [-0.2, -0.15) is 0 Å². The zero-order valence-corrected chi connectivity index (χ0v) is 9.53. The van der Waals surface area contributed by atoms with E-state index in [1.165, 1.54) is 6.20 Å². The van der Waals surface area contributed by atoms with Gasteiger partial charge < -0.3 is 5.73 Å². The highest BCUT2D eigenvalue weighted by molar-refractivity contribution is 5.16. The third-order valence-corrected chi connectivity index (χ3v) is 2.63. The molecule has 0 saturated carbocycles. The Labute approximate surface area is 96.4 Å². The average Bonchev–Trinajstić information content (AvgIpc) is 2.29. The summed E-state index contributed by atoms with van der Waals surface area (Å²) in [5.74, 6) is -0.305. The molecule has 88 valence electrons. The van der Waals surface area contributed by atoms with Crippen molar-refractivity contribution in [1.29, 1.82) is 0 Å². The third-order valence-electron chi connectivity index (χ3n) is 2.63. The number of allylic oxidation sites excluding steroid dienone is 1. The first-order valence-corrected chi connectivity index (χ1v) is 5.71. The molecular formula is C13H19FN2. The number of rotatable bonds is 7. The van der Waals surface area contributed by atoms with Crippen LogP contribution in [0.3, 0.4) is 0 Å². The van der Waals surface area contributed by atoms with E-state index in [2.05, 4.69) is 11.6 Å². The summed E-state index contributed by atoms with van der Waals surface area (Å²) in [7, 11) is 0. The molecular weight excluding hydrogens is 203 g/mol. The van der Waals surface area contributed by atoms with Crippen molar-refractivity contribution in [2.45, 2.75) is 38.1 Å². The van der Waals surface area contributed by atoms with Gasteiger partial charge in [0.05, 0.1) is 6.20 Å². The van der Waals surface area contributed by atoms with E-state index in [0.717, 1.165) is 32.1 Å². The molecule has 0 aliphatic carbocycles. The minimum atomic E-state index is -0.305. The lowest BCUT2D eigenvalue weighted by Gasteiger charge is -2.12. The van der Waals surface area contributed by atoms with Crippen LogP contribution in [0.2, 0.25) is 0 Å². The second-order valence-electron chi connectivity index (χ2n) is 3.93. The topological polar surface area (TPSA) is 38.9 Å². The summed E-state index contributed by atoms with van der Waals surface area (Å²) in [6.07, 6.45) is 9.85. The van der Waals surface area contributed by atoms with Gasteiger partial charge in [0.25, 0.3) is 0 Å². The van der Waals surface area contributed by atoms with Gasteiger partial charge >= 0.3 is 0 Å². The lowest BCUT2D eigenvalue weighted by Crippen LogP contribution is -2.12. The molecule has 0 bridgehead atoms. The average molecular weight is 222 g/mol. The maximum Gasteiger partial charge on any atom is 0.146 e. The van der Waals surface area contributed by atoms with Crippen molar-refractivity contribution in [3.05, 3.63) is 42.5 Å². The summed E-state index contributed by atoms with van der Waals surface area (Å²) in [6.45, 7) is 3.67. The molecule has 0 spiro atoms. The predicted octanol–water partition coefficient (Wildman–Crippen LogP) is 3.36. The fraction of sp³-hybridized carbons (Fsp3) is 0.462. The normalized spacial score (nSPS) is 12.4. The minimum Gasteiger partial charge on any atom is -0.324 e. The van der Waals surface area contributed by atoms with Gasteiger partial charge in [0.15, 0.2) is 0 Å². The van der Waals surface area contributed by atoms with Crippen LogP contribution in [-0.4, -0.2) is 4.98 Å². The van der Waals surface area contributed by atoms with Crippen molar-refractivity contribution in [1.82, 2.24) is 4.98 Å². The van der Waals surface area contributed by atoms with Gasteiger partial charge in [0.1, 0.15) is 5.82 Å². The molecule has 0 amide bonds. The first-order valence-electron chi connectivity index (χ1n) is 5.71. The summed E-state index contributed by atoms with van der Waals surface area (Å²) in [6, 6.07) is 1.44. The van der Waals surface area contributed by atoms with E-state index < -0.39 is 0 Å². The van der Waals surface area contributed by atoms with E-state index >= 15 is 0 Å². The molecule has 0 radical (unpaired) electrons. The number of hydrogen-bond donors (Lipinski definition) is 1. The van der Waals surface area contributed by atoms with E-state index in [0.29, 0.717) is 5.56 Å². The smallest absolute Gasteiger partial charge is 0.146 e. The molecule has 0 aliphatic heterocycles. The Kier molecular flexibility index (Phi) is 5.72. The monoisotopic (exact) mass is 222 g/mol. The largest absolute Gasteiger partial charge is 0.324 e. The first kappa shape index (κ1) is 12.8. The van der Waals surface area contributed by atoms with Gasteiger partial charge in [0.2, 0.25) is 0 Å². The summed E-state index contributed by atoms with van der Waals surface area (Å²) in [4.78, 5) is 3.71. The summed E-state index contributed by atoms with van der Waals surface area (Å²) in [5, 5.41) is 0. The Balaban J connectivity index is 2.32. The lowest BCUT2D eigenvalue weighted by atomic mass is 10.0. The van der Waals surface area contributed by atoms with Crippen LogP contribution in [0.1, 0.15) is 43.7 Å². The molecule has 1 unspecified atom stereocenters. The van der Waals surface area contributed by atoms with Gasteiger partial charge in [0, 0.05) is 17.8 Å². The van der Waals surface area contributed by atoms with Gasteiger partial charge in [-0.25, -0.2) is 4.39 Å². The molecule has 0 aromatic carbocycles. The number of nitrogens with two attached hydrogens (primary N) is 1. The zero-order valence-electron chi connectivity index (χ0n) is 9.53. The number of pyridine rings is 1. The van der Waals surface area contributed by atoms with Crippen LogP contribution in [0, 0.1) is 5.82 Å². The molecule has 0 aliphatic rings. The van der Waals surface area contributed by atoms with Gasteiger partial charge in [-0.05, 0) is 25.3 Å². The molecule has 1 aromatic rings. The van der Waals surface area contributed by atoms with Crippen molar-refractivity contribution >= 4 is 0 Å². The second kappa shape index (κ2) is 7.12. The summed E-state index contributed by atoms with van der Waals surface area (Å²) in [5.41, 5.74) is 6.49. The fourth-order valence-corrected chi connectivity index (χ4v) is 1.67. The molecule has 1 heterocycles. The Morgan fingerprint density at radius 1 is 1.44 bits per heavy atom. The van der Waals surface area contributed by atoms with Crippen LogP contribution in [0.4, 0.5) is 4.39 Å². The highest BCUT2D eigenvalue weighted by Gasteiger charge is 2.10. The molecule has 1 rings (SSSR count). The Morgan fingerprint density at radius 2 is 2.25 bits per heavy atom. The Hall–Kier alpha value is -1.22. The molecule has 16 heavy (non-hydrogen) atoms. The lowest BCUT2D eigenvalue weighted by molar-refractivity contribution is 0.532. The maximum atomic E-state index is 13.3. The van der Waals surface area contributed by atoms with Gasteiger partial charge in [-0.15, -0.1) is 6.58 Å². The van der Waals surface area contributed by atoms with Crippen molar-refractivity contribution in [2.75, 3.05) is 0 Å². The number of hydrogen-bond acceptors (Lipinski definition) is 2. The van der Waals surface area contributed by atoms with E-state index in [-0.39, 0.29) is 11.9 Å². The van der Waals surface area contributed by atoms with Crippen molar-refractivity contribution in [2.24, 2.45) is 5.73 Å². The highest BCUT2D eigenvalue weighted by Crippen LogP contribution is 2.19. The van der Waals surface area contributed by atoms with Crippen LogP contribution in [0.5, 0.6) is 0 Å². The predicted molar refractivity (Wildman–Crippen MR) is 64.4 cm³/mol. The fourth-order valence-electron chi connectivity index (χ4n) is 1.67. The quantitative estimate of drug-likeness (QED) is 0.567. The van der Waals surface area contributed by atoms with Crippen LogP contribution in [0.25, 0.3) is 0 Å². The van der Waals surface area contributed by atoms with E-state index in [9.17, 15) is 4.39 Å². The van der Waals surface area contributed by atoms with Crippen molar-refractivity contribution < 1.29 is 4.39 Å². The SMILES string of the molecule is C=CCCCCCC(N)c1ccncc1F.